The Bertz CT molecular complexity index is 674. The first-order chi connectivity index (χ1) is 11.5. The number of nitrogens with one attached hydrogen (secondary N) is 1. The molecule has 0 saturated heterocycles. The number of likely N-dealkylation sites (N-methyl/N-ethyl adjacent to an activating group) is 1. The third-order valence-corrected chi connectivity index (χ3v) is 4.18. The lowest BCUT2D eigenvalue weighted by Gasteiger charge is -2.25. The average molecular weight is 347 g/mol. The SMILES string of the molecule is COc1ccc(Cl)cc1C(=O)NCC(Cc1ccccc1)N(C)C. The highest BCUT2D eigenvalue weighted by Crippen LogP contribution is 2.22. The van der Waals surface area contributed by atoms with Crippen LogP contribution in [0.2, 0.25) is 5.02 Å². The van der Waals surface area contributed by atoms with Gasteiger partial charge in [0, 0.05) is 17.6 Å². The number of benzene rings is 2. The number of ether oxygens (including phenoxy) is 1. The molecule has 1 N–H and O–H groups in total. The highest BCUT2D eigenvalue weighted by atomic mass is 35.5. The zero-order valence-corrected chi connectivity index (χ0v) is 15.0. The summed E-state index contributed by atoms with van der Waals surface area (Å²) >= 11 is 5.99. The number of halogens is 1. The molecule has 0 spiro atoms. The number of carbonyl (C=O) groups is 1. The van der Waals surface area contributed by atoms with Crippen molar-refractivity contribution in [2.75, 3.05) is 27.7 Å². The monoisotopic (exact) mass is 346 g/mol. The fourth-order valence-corrected chi connectivity index (χ4v) is 2.66. The van der Waals surface area contributed by atoms with E-state index >= 15 is 0 Å². The Morgan fingerprint density at radius 2 is 1.92 bits per heavy atom. The second kappa shape index (κ2) is 8.71. The summed E-state index contributed by atoms with van der Waals surface area (Å²) in [6, 6.07) is 15.5. The minimum Gasteiger partial charge on any atom is -0.496 e. The van der Waals surface area contributed by atoms with Crippen molar-refractivity contribution in [2.45, 2.75) is 12.5 Å². The molecule has 4 nitrogen and oxygen atoms in total. The molecule has 1 atom stereocenters. The smallest absolute Gasteiger partial charge is 0.255 e. The van der Waals surface area contributed by atoms with Gasteiger partial charge in [0.1, 0.15) is 5.75 Å². The van der Waals surface area contributed by atoms with Crippen molar-refractivity contribution in [3.05, 3.63) is 64.7 Å². The van der Waals surface area contributed by atoms with Gasteiger partial charge >= 0.3 is 0 Å². The fourth-order valence-electron chi connectivity index (χ4n) is 2.49. The van der Waals surface area contributed by atoms with Gasteiger partial charge in [-0.05, 0) is 44.3 Å². The minimum absolute atomic E-state index is 0.186. The molecule has 128 valence electrons. The van der Waals surface area contributed by atoms with E-state index in [2.05, 4.69) is 22.3 Å². The van der Waals surface area contributed by atoms with E-state index in [1.54, 1.807) is 18.2 Å². The summed E-state index contributed by atoms with van der Waals surface area (Å²) in [5.41, 5.74) is 1.69. The van der Waals surface area contributed by atoms with Crippen LogP contribution in [-0.4, -0.2) is 44.6 Å². The second-order valence-corrected chi connectivity index (χ2v) is 6.30. The number of amides is 1. The summed E-state index contributed by atoms with van der Waals surface area (Å²) in [6.07, 6.45) is 0.862. The number of carbonyl (C=O) groups excluding carboxylic acids is 1. The van der Waals surface area contributed by atoms with Crippen LogP contribution >= 0.6 is 11.6 Å². The maximum absolute atomic E-state index is 12.5. The number of methoxy groups -OCH3 is 1. The topological polar surface area (TPSA) is 41.6 Å². The quantitative estimate of drug-likeness (QED) is 0.836. The van der Waals surface area contributed by atoms with Gasteiger partial charge in [-0.3, -0.25) is 4.79 Å². The Morgan fingerprint density at radius 3 is 2.54 bits per heavy atom. The molecule has 1 amide bonds. The van der Waals surface area contributed by atoms with Crippen LogP contribution in [0.4, 0.5) is 0 Å². The number of hydrogen-bond donors (Lipinski definition) is 1. The molecule has 0 aliphatic carbocycles. The molecule has 0 aliphatic heterocycles. The maximum atomic E-state index is 12.5. The van der Waals surface area contributed by atoms with Gasteiger partial charge in [0.2, 0.25) is 0 Å². The molecule has 2 aromatic carbocycles. The van der Waals surface area contributed by atoms with Gasteiger partial charge in [-0.15, -0.1) is 0 Å². The van der Waals surface area contributed by atoms with E-state index in [-0.39, 0.29) is 11.9 Å². The van der Waals surface area contributed by atoms with Crippen LogP contribution in [0, 0.1) is 0 Å². The van der Waals surface area contributed by atoms with Crippen molar-refractivity contribution in [2.24, 2.45) is 0 Å². The van der Waals surface area contributed by atoms with Crippen LogP contribution in [0.25, 0.3) is 0 Å². The van der Waals surface area contributed by atoms with Gasteiger partial charge in [0.05, 0.1) is 12.7 Å². The van der Waals surface area contributed by atoms with E-state index in [4.69, 9.17) is 16.3 Å². The molecule has 0 bridgehead atoms. The highest BCUT2D eigenvalue weighted by Gasteiger charge is 2.17. The standard InChI is InChI=1S/C19H23ClN2O2/c1-22(2)16(11-14-7-5-4-6-8-14)13-21-19(23)17-12-15(20)9-10-18(17)24-3/h4-10,12,16H,11,13H2,1-3H3,(H,21,23). The Labute approximate surface area is 148 Å². The molecule has 1 unspecified atom stereocenters. The Kier molecular flexibility index (Phi) is 6.64. The van der Waals surface area contributed by atoms with Gasteiger partial charge in [-0.25, -0.2) is 0 Å². The van der Waals surface area contributed by atoms with E-state index < -0.39 is 0 Å². The fraction of sp³-hybridized carbons (Fsp3) is 0.316. The van der Waals surface area contributed by atoms with Crippen molar-refractivity contribution in [3.8, 4) is 5.75 Å². The molecule has 0 aliphatic rings. The second-order valence-electron chi connectivity index (χ2n) is 5.86. The Morgan fingerprint density at radius 1 is 1.21 bits per heavy atom. The van der Waals surface area contributed by atoms with Crippen LogP contribution in [0.3, 0.4) is 0 Å². The van der Waals surface area contributed by atoms with Gasteiger partial charge < -0.3 is 15.0 Å². The van der Waals surface area contributed by atoms with E-state index in [0.29, 0.717) is 22.9 Å². The molecule has 24 heavy (non-hydrogen) atoms. The average Bonchev–Trinajstić information content (AvgIpc) is 2.58. The third-order valence-electron chi connectivity index (χ3n) is 3.95. The Hall–Kier alpha value is -2.04. The number of hydrogen-bond acceptors (Lipinski definition) is 3. The summed E-state index contributed by atoms with van der Waals surface area (Å²) in [6.45, 7) is 0.538. The lowest BCUT2D eigenvalue weighted by Crippen LogP contribution is -2.41. The summed E-state index contributed by atoms with van der Waals surface area (Å²) < 4.78 is 5.24. The van der Waals surface area contributed by atoms with Gasteiger partial charge in [0.15, 0.2) is 0 Å². The summed E-state index contributed by atoms with van der Waals surface area (Å²) in [4.78, 5) is 14.6. The summed E-state index contributed by atoms with van der Waals surface area (Å²) in [5.74, 6) is 0.329. The lowest BCUT2D eigenvalue weighted by molar-refractivity contribution is 0.0938. The molecule has 0 heterocycles. The lowest BCUT2D eigenvalue weighted by atomic mass is 10.0. The zero-order chi connectivity index (χ0) is 17.5. The van der Waals surface area contributed by atoms with Crippen molar-refractivity contribution in [1.29, 1.82) is 0 Å². The molecule has 2 aromatic rings. The summed E-state index contributed by atoms with van der Waals surface area (Å²) in [5, 5.41) is 3.49. The highest BCUT2D eigenvalue weighted by molar-refractivity contribution is 6.31. The molecule has 0 radical (unpaired) electrons. The van der Waals surface area contributed by atoms with Crippen molar-refractivity contribution < 1.29 is 9.53 Å². The molecular formula is C19H23ClN2O2. The van der Waals surface area contributed by atoms with E-state index in [0.717, 1.165) is 6.42 Å². The number of nitrogens with zero attached hydrogens (tertiary/aromatic N) is 1. The third kappa shape index (κ3) is 4.98. The summed E-state index contributed by atoms with van der Waals surface area (Å²) in [7, 11) is 5.57. The van der Waals surface area contributed by atoms with Gasteiger partial charge in [-0.1, -0.05) is 41.9 Å². The van der Waals surface area contributed by atoms with Crippen LogP contribution in [0.15, 0.2) is 48.5 Å². The predicted molar refractivity (Wildman–Crippen MR) is 98.0 cm³/mol. The largest absolute Gasteiger partial charge is 0.496 e. The first-order valence-electron chi connectivity index (χ1n) is 7.83. The molecule has 0 saturated carbocycles. The van der Waals surface area contributed by atoms with Crippen LogP contribution in [0.1, 0.15) is 15.9 Å². The zero-order valence-electron chi connectivity index (χ0n) is 14.3. The molecule has 2 rings (SSSR count). The maximum Gasteiger partial charge on any atom is 0.255 e. The number of rotatable bonds is 7. The normalized spacial score (nSPS) is 12.0. The van der Waals surface area contributed by atoms with E-state index in [1.807, 2.05) is 32.3 Å². The van der Waals surface area contributed by atoms with Crippen molar-refractivity contribution >= 4 is 17.5 Å². The van der Waals surface area contributed by atoms with Crippen LogP contribution < -0.4 is 10.1 Å². The Balaban J connectivity index is 2.04. The van der Waals surface area contributed by atoms with Crippen LogP contribution in [-0.2, 0) is 6.42 Å². The molecule has 5 heteroatoms. The predicted octanol–water partition coefficient (Wildman–Crippen LogP) is 3.25. The van der Waals surface area contributed by atoms with E-state index in [1.165, 1.54) is 12.7 Å². The molecular weight excluding hydrogens is 324 g/mol. The first kappa shape index (κ1) is 18.3. The molecule has 0 fully saturated rings. The van der Waals surface area contributed by atoms with Crippen molar-refractivity contribution in [3.63, 3.8) is 0 Å². The van der Waals surface area contributed by atoms with Gasteiger partial charge in [-0.2, -0.15) is 0 Å². The van der Waals surface area contributed by atoms with Crippen LogP contribution in [0.5, 0.6) is 5.75 Å². The van der Waals surface area contributed by atoms with Gasteiger partial charge in [0.25, 0.3) is 5.91 Å². The first-order valence-corrected chi connectivity index (χ1v) is 8.21. The minimum atomic E-state index is -0.186. The van der Waals surface area contributed by atoms with E-state index in [9.17, 15) is 4.79 Å². The molecule has 0 aromatic heterocycles. The van der Waals surface area contributed by atoms with Crippen molar-refractivity contribution in [1.82, 2.24) is 10.2 Å².